The van der Waals surface area contributed by atoms with Crippen molar-refractivity contribution in [3.05, 3.63) is 65.0 Å². The van der Waals surface area contributed by atoms with Crippen molar-refractivity contribution >= 4 is 22.5 Å². The van der Waals surface area contributed by atoms with Crippen LogP contribution in [-0.4, -0.2) is 33.5 Å². The number of fused-ring (bicyclic) bond motifs is 1. The lowest BCUT2D eigenvalue weighted by molar-refractivity contribution is -0.121. The normalized spacial score (nSPS) is 12.1. The van der Waals surface area contributed by atoms with E-state index in [2.05, 4.69) is 34.8 Å². The van der Waals surface area contributed by atoms with Crippen molar-refractivity contribution < 1.29 is 4.79 Å². The van der Waals surface area contributed by atoms with Gasteiger partial charge in [0, 0.05) is 24.7 Å². The van der Waals surface area contributed by atoms with E-state index in [0.29, 0.717) is 23.4 Å². The van der Waals surface area contributed by atoms with Gasteiger partial charge in [-0.2, -0.15) is 0 Å². The van der Waals surface area contributed by atoms with E-state index in [0.717, 1.165) is 5.69 Å². The molecule has 2 aromatic carbocycles. The SMILES string of the molecule is CC(C)C(CNC(=O)CCn1nnc2ccccc2c1=O)Nc1ccccc1. The Balaban J connectivity index is 1.55. The molecule has 0 saturated heterocycles. The molecule has 0 spiro atoms. The lowest BCUT2D eigenvalue weighted by atomic mass is 10.0. The maximum atomic E-state index is 12.4. The molecular weight excluding hydrogens is 354 g/mol. The Morgan fingerprint density at radius 2 is 1.79 bits per heavy atom. The fourth-order valence-corrected chi connectivity index (χ4v) is 2.89. The number of hydrogen-bond acceptors (Lipinski definition) is 5. The van der Waals surface area contributed by atoms with Crippen LogP contribution in [0.1, 0.15) is 20.3 Å². The molecule has 0 saturated carbocycles. The predicted octanol–water partition coefficient (Wildman–Crippen LogP) is 2.43. The molecule has 0 aliphatic carbocycles. The van der Waals surface area contributed by atoms with Crippen LogP contribution in [0.5, 0.6) is 0 Å². The number of nitrogens with zero attached hydrogens (tertiary/aromatic N) is 3. The Morgan fingerprint density at radius 1 is 1.07 bits per heavy atom. The van der Waals surface area contributed by atoms with E-state index in [9.17, 15) is 9.59 Å². The summed E-state index contributed by atoms with van der Waals surface area (Å²) < 4.78 is 1.24. The molecule has 1 amide bonds. The highest BCUT2D eigenvalue weighted by atomic mass is 16.2. The first kappa shape index (κ1) is 19.5. The van der Waals surface area contributed by atoms with Crippen LogP contribution in [0.2, 0.25) is 0 Å². The summed E-state index contributed by atoms with van der Waals surface area (Å²) >= 11 is 0. The van der Waals surface area contributed by atoms with Gasteiger partial charge in [-0.25, -0.2) is 4.68 Å². The van der Waals surface area contributed by atoms with Crippen LogP contribution in [0.3, 0.4) is 0 Å². The van der Waals surface area contributed by atoms with Gasteiger partial charge in [0.1, 0.15) is 5.52 Å². The smallest absolute Gasteiger partial charge is 0.277 e. The van der Waals surface area contributed by atoms with Gasteiger partial charge in [-0.3, -0.25) is 9.59 Å². The third-order valence-electron chi connectivity index (χ3n) is 4.63. The van der Waals surface area contributed by atoms with Crippen molar-refractivity contribution in [3.63, 3.8) is 0 Å². The van der Waals surface area contributed by atoms with Crippen molar-refractivity contribution in [2.45, 2.75) is 32.9 Å². The molecule has 0 fully saturated rings. The third-order valence-corrected chi connectivity index (χ3v) is 4.63. The molecule has 3 rings (SSSR count). The number of benzene rings is 2. The van der Waals surface area contributed by atoms with Crippen LogP contribution in [-0.2, 0) is 11.3 Å². The number of amides is 1. The summed E-state index contributed by atoms with van der Waals surface area (Å²) in [7, 11) is 0. The number of aryl methyl sites for hydroxylation is 1. The second kappa shape index (κ2) is 9.12. The van der Waals surface area contributed by atoms with E-state index in [-0.39, 0.29) is 30.5 Å². The molecule has 28 heavy (non-hydrogen) atoms. The number of para-hydroxylation sites is 1. The van der Waals surface area contributed by atoms with Crippen LogP contribution in [0.15, 0.2) is 59.4 Å². The fourth-order valence-electron chi connectivity index (χ4n) is 2.89. The zero-order chi connectivity index (χ0) is 19.9. The molecule has 0 aliphatic rings. The Labute approximate surface area is 163 Å². The van der Waals surface area contributed by atoms with Crippen LogP contribution in [0.25, 0.3) is 10.9 Å². The van der Waals surface area contributed by atoms with Gasteiger partial charge in [0.15, 0.2) is 0 Å². The van der Waals surface area contributed by atoms with E-state index in [1.807, 2.05) is 36.4 Å². The largest absolute Gasteiger partial charge is 0.380 e. The van der Waals surface area contributed by atoms with Gasteiger partial charge < -0.3 is 10.6 Å². The summed E-state index contributed by atoms with van der Waals surface area (Å²) in [6.07, 6.45) is 0.170. The van der Waals surface area contributed by atoms with Crippen LogP contribution < -0.4 is 16.2 Å². The van der Waals surface area contributed by atoms with E-state index in [4.69, 9.17) is 0 Å². The van der Waals surface area contributed by atoms with Crippen molar-refractivity contribution in [3.8, 4) is 0 Å². The standard InChI is InChI=1S/C21H25N5O2/c1-15(2)19(23-16-8-4-3-5-9-16)14-22-20(27)12-13-26-21(28)17-10-6-7-11-18(17)24-25-26/h3-11,15,19,23H,12-14H2,1-2H3,(H,22,27). The average molecular weight is 379 g/mol. The summed E-state index contributed by atoms with van der Waals surface area (Å²) in [6.45, 7) is 4.92. The molecule has 146 valence electrons. The van der Waals surface area contributed by atoms with Gasteiger partial charge in [0.2, 0.25) is 5.91 Å². The first-order valence-corrected chi connectivity index (χ1v) is 9.45. The summed E-state index contributed by atoms with van der Waals surface area (Å²) in [5, 5.41) is 14.9. The minimum Gasteiger partial charge on any atom is -0.380 e. The highest BCUT2D eigenvalue weighted by molar-refractivity contribution is 5.77. The summed E-state index contributed by atoms with van der Waals surface area (Å²) in [5.74, 6) is 0.219. The maximum absolute atomic E-state index is 12.4. The Hall–Kier alpha value is -3.22. The molecule has 1 heterocycles. The highest BCUT2D eigenvalue weighted by Gasteiger charge is 2.15. The zero-order valence-corrected chi connectivity index (χ0v) is 16.1. The van der Waals surface area contributed by atoms with Crippen molar-refractivity contribution in [2.24, 2.45) is 5.92 Å². The van der Waals surface area contributed by atoms with Gasteiger partial charge >= 0.3 is 0 Å². The minimum absolute atomic E-state index is 0.106. The van der Waals surface area contributed by atoms with E-state index >= 15 is 0 Å². The molecule has 1 aromatic heterocycles. The monoisotopic (exact) mass is 379 g/mol. The number of carbonyl (C=O) groups excluding carboxylic acids is 1. The topological polar surface area (TPSA) is 88.9 Å². The number of aromatic nitrogens is 3. The molecule has 0 aliphatic heterocycles. The summed E-state index contributed by atoms with van der Waals surface area (Å²) in [4.78, 5) is 24.7. The summed E-state index contributed by atoms with van der Waals surface area (Å²) in [6, 6.07) is 17.1. The molecule has 7 heteroatoms. The van der Waals surface area contributed by atoms with Crippen molar-refractivity contribution in [2.75, 3.05) is 11.9 Å². The van der Waals surface area contributed by atoms with Gasteiger partial charge in [0.25, 0.3) is 5.56 Å². The average Bonchev–Trinajstić information content (AvgIpc) is 2.71. The van der Waals surface area contributed by atoms with E-state index in [1.54, 1.807) is 18.2 Å². The number of anilines is 1. The summed E-state index contributed by atoms with van der Waals surface area (Å²) in [5.41, 5.74) is 1.35. The fraction of sp³-hybridized carbons (Fsp3) is 0.333. The van der Waals surface area contributed by atoms with Crippen LogP contribution >= 0.6 is 0 Å². The maximum Gasteiger partial charge on any atom is 0.277 e. The van der Waals surface area contributed by atoms with Gasteiger partial charge in [-0.05, 0) is 30.2 Å². The highest BCUT2D eigenvalue weighted by Crippen LogP contribution is 2.11. The number of nitrogens with one attached hydrogen (secondary N) is 2. The van der Waals surface area contributed by atoms with Crippen molar-refractivity contribution in [1.82, 2.24) is 20.3 Å². The molecule has 7 nitrogen and oxygen atoms in total. The van der Waals surface area contributed by atoms with Gasteiger partial charge in [-0.15, -0.1) is 5.10 Å². The Bertz CT molecular complexity index is 985. The number of carbonyl (C=O) groups is 1. The molecule has 3 aromatic rings. The van der Waals surface area contributed by atoms with E-state index in [1.165, 1.54) is 4.68 Å². The first-order chi connectivity index (χ1) is 13.5. The Kier molecular flexibility index (Phi) is 6.37. The van der Waals surface area contributed by atoms with Crippen molar-refractivity contribution in [1.29, 1.82) is 0 Å². The molecule has 0 bridgehead atoms. The first-order valence-electron chi connectivity index (χ1n) is 9.45. The quantitative estimate of drug-likeness (QED) is 0.627. The van der Waals surface area contributed by atoms with Crippen LogP contribution in [0, 0.1) is 5.92 Å². The number of hydrogen-bond donors (Lipinski definition) is 2. The zero-order valence-electron chi connectivity index (χ0n) is 16.1. The molecule has 0 radical (unpaired) electrons. The second-order valence-corrected chi connectivity index (χ2v) is 7.05. The molecule has 1 unspecified atom stereocenters. The van der Waals surface area contributed by atoms with Gasteiger partial charge in [-0.1, -0.05) is 49.4 Å². The van der Waals surface area contributed by atoms with Gasteiger partial charge in [0.05, 0.1) is 11.9 Å². The lowest BCUT2D eigenvalue weighted by Gasteiger charge is -2.24. The molecular formula is C21H25N5O2. The van der Waals surface area contributed by atoms with E-state index < -0.39 is 0 Å². The third kappa shape index (κ3) is 4.94. The van der Waals surface area contributed by atoms with Crippen LogP contribution in [0.4, 0.5) is 5.69 Å². The predicted molar refractivity (Wildman–Crippen MR) is 110 cm³/mol. The molecule has 2 N–H and O–H groups in total. The molecule has 1 atom stereocenters. The number of rotatable bonds is 8. The second-order valence-electron chi connectivity index (χ2n) is 7.05. The Morgan fingerprint density at radius 3 is 2.54 bits per heavy atom. The minimum atomic E-state index is -0.232. The lowest BCUT2D eigenvalue weighted by Crippen LogP contribution is -2.40.